The van der Waals surface area contributed by atoms with Crippen LogP contribution in [0.25, 0.3) is 0 Å². The first-order chi connectivity index (χ1) is 7.58. The standard InChI is InChI=1S/C9H9N3O4/c1-2-16-7(13)5-12-4-6(3-10)8(14)11-9(12)15/h4H,2,5H2,1H3,(H,11,14,15). The van der Waals surface area contributed by atoms with Crippen LogP contribution in [-0.2, 0) is 16.1 Å². The molecular weight excluding hydrogens is 214 g/mol. The molecular formula is C9H9N3O4. The topological polar surface area (TPSA) is 105 Å². The lowest BCUT2D eigenvalue weighted by molar-refractivity contribution is -0.143. The van der Waals surface area contributed by atoms with Gasteiger partial charge < -0.3 is 4.74 Å². The van der Waals surface area contributed by atoms with Gasteiger partial charge in [-0.3, -0.25) is 19.1 Å². The monoisotopic (exact) mass is 223 g/mol. The number of esters is 1. The number of hydrogen-bond acceptors (Lipinski definition) is 5. The molecule has 0 saturated carbocycles. The van der Waals surface area contributed by atoms with Crippen LogP contribution in [-0.4, -0.2) is 22.1 Å². The predicted octanol–water partition coefficient (Wildman–Crippen LogP) is -1.03. The summed E-state index contributed by atoms with van der Waals surface area (Å²) in [7, 11) is 0. The number of rotatable bonds is 3. The molecule has 0 aliphatic heterocycles. The van der Waals surface area contributed by atoms with E-state index in [4.69, 9.17) is 5.26 Å². The highest BCUT2D eigenvalue weighted by molar-refractivity contribution is 5.69. The van der Waals surface area contributed by atoms with Crippen LogP contribution in [0.3, 0.4) is 0 Å². The number of carbonyl (C=O) groups is 1. The molecule has 1 aromatic rings. The molecule has 0 aliphatic carbocycles. The molecule has 7 nitrogen and oxygen atoms in total. The van der Waals surface area contributed by atoms with Crippen molar-refractivity contribution in [3.05, 3.63) is 32.6 Å². The van der Waals surface area contributed by atoms with Gasteiger partial charge in [-0.15, -0.1) is 0 Å². The van der Waals surface area contributed by atoms with Gasteiger partial charge in [-0.05, 0) is 6.92 Å². The van der Waals surface area contributed by atoms with Gasteiger partial charge in [0.05, 0.1) is 6.61 Å². The van der Waals surface area contributed by atoms with E-state index in [2.05, 4.69) is 4.74 Å². The second-order valence-corrected chi connectivity index (χ2v) is 2.85. The molecule has 0 atom stereocenters. The van der Waals surface area contributed by atoms with Crippen LogP contribution in [0.15, 0.2) is 15.8 Å². The van der Waals surface area contributed by atoms with Crippen LogP contribution in [0.2, 0.25) is 0 Å². The van der Waals surface area contributed by atoms with Crippen molar-refractivity contribution >= 4 is 5.97 Å². The highest BCUT2D eigenvalue weighted by atomic mass is 16.5. The fourth-order valence-corrected chi connectivity index (χ4v) is 1.05. The summed E-state index contributed by atoms with van der Waals surface area (Å²) in [6.45, 7) is 1.49. The van der Waals surface area contributed by atoms with Gasteiger partial charge in [0.1, 0.15) is 18.2 Å². The Balaban J connectivity index is 3.07. The normalized spacial score (nSPS) is 9.50. The van der Waals surface area contributed by atoms with Crippen molar-refractivity contribution in [1.29, 1.82) is 5.26 Å². The van der Waals surface area contributed by atoms with Gasteiger partial charge in [0.2, 0.25) is 0 Å². The molecule has 0 unspecified atom stereocenters. The zero-order valence-electron chi connectivity index (χ0n) is 8.52. The first-order valence-corrected chi connectivity index (χ1v) is 4.48. The van der Waals surface area contributed by atoms with Crippen LogP contribution in [0, 0.1) is 11.3 Å². The van der Waals surface area contributed by atoms with Crippen molar-refractivity contribution in [2.24, 2.45) is 0 Å². The number of aromatic nitrogens is 2. The Morgan fingerprint density at radius 2 is 2.31 bits per heavy atom. The molecule has 0 radical (unpaired) electrons. The van der Waals surface area contributed by atoms with Crippen LogP contribution in [0.1, 0.15) is 12.5 Å². The van der Waals surface area contributed by atoms with E-state index in [1.54, 1.807) is 13.0 Å². The lowest BCUT2D eigenvalue weighted by atomic mass is 10.4. The Hall–Kier alpha value is -2.36. The van der Waals surface area contributed by atoms with E-state index in [1.165, 1.54) is 0 Å². The number of aromatic amines is 1. The van der Waals surface area contributed by atoms with Gasteiger partial charge in [-0.2, -0.15) is 5.26 Å². The second kappa shape index (κ2) is 4.93. The highest BCUT2D eigenvalue weighted by Gasteiger charge is 2.08. The van der Waals surface area contributed by atoms with E-state index in [0.717, 1.165) is 10.8 Å². The van der Waals surface area contributed by atoms with Gasteiger partial charge in [0, 0.05) is 6.20 Å². The van der Waals surface area contributed by atoms with E-state index in [-0.39, 0.29) is 18.7 Å². The first kappa shape index (κ1) is 11.7. The number of H-pyrrole nitrogens is 1. The Morgan fingerprint density at radius 1 is 1.62 bits per heavy atom. The van der Waals surface area contributed by atoms with Crippen LogP contribution in [0.5, 0.6) is 0 Å². The summed E-state index contributed by atoms with van der Waals surface area (Å²) in [6.07, 6.45) is 1.03. The molecule has 0 aliphatic rings. The average molecular weight is 223 g/mol. The zero-order valence-corrected chi connectivity index (χ0v) is 8.52. The molecule has 84 valence electrons. The summed E-state index contributed by atoms with van der Waals surface area (Å²) in [5, 5.41) is 8.57. The predicted molar refractivity (Wildman–Crippen MR) is 52.7 cm³/mol. The van der Waals surface area contributed by atoms with Crippen LogP contribution < -0.4 is 11.2 Å². The molecule has 0 aromatic carbocycles. The van der Waals surface area contributed by atoms with Gasteiger partial charge >= 0.3 is 11.7 Å². The van der Waals surface area contributed by atoms with Gasteiger partial charge in [-0.25, -0.2) is 4.79 Å². The third kappa shape index (κ3) is 2.57. The van der Waals surface area contributed by atoms with E-state index < -0.39 is 17.2 Å². The maximum absolute atomic E-state index is 11.2. The van der Waals surface area contributed by atoms with Crippen molar-refractivity contribution in [3.8, 4) is 6.07 Å². The number of ether oxygens (including phenoxy) is 1. The lowest BCUT2D eigenvalue weighted by Crippen LogP contribution is -2.33. The van der Waals surface area contributed by atoms with E-state index in [1.807, 2.05) is 4.98 Å². The number of nitriles is 1. The molecule has 0 spiro atoms. The van der Waals surface area contributed by atoms with Crippen molar-refractivity contribution in [3.63, 3.8) is 0 Å². The number of nitrogens with zero attached hydrogens (tertiary/aromatic N) is 2. The maximum atomic E-state index is 11.2. The third-order valence-electron chi connectivity index (χ3n) is 1.74. The fourth-order valence-electron chi connectivity index (χ4n) is 1.05. The number of hydrogen-bond donors (Lipinski definition) is 1. The van der Waals surface area contributed by atoms with Gasteiger partial charge in [-0.1, -0.05) is 0 Å². The summed E-state index contributed by atoms with van der Waals surface area (Å²) in [5.41, 5.74) is -1.76. The molecule has 1 heterocycles. The van der Waals surface area contributed by atoms with Crippen LogP contribution >= 0.6 is 0 Å². The molecule has 7 heteroatoms. The quantitative estimate of drug-likeness (QED) is 0.659. The number of nitrogens with one attached hydrogen (secondary N) is 1. The molecule has 0 bridgehead atoms. The zero-order chi connectivity index (χ0) is 12.1. The molecule has 1 N–H and O–H groups in total. The Bertz CT molecular complexity index is 549. The van der Waals surface area contributed by atoms with Crippen LogP contribution in [0.4, 0.5) is 0 Å². The first-order valence-electron chi connectivity index (χ1n) is 4.48. The molecule has 0 fully saturated rings. The molecule has 0 saturated heterocycles. The van der Waals surface area contributed by atoms with Crippen molar-refractivity contribution in [2.45, 2.75) is 13.5 Å². The minimum absolute atomic E-state index is 0.196. The van der Waals surface area contributed by atoms with Crippen molar-refractivity contribution < 1.29 is 9.53 Å². The summed E-state index contributed by atoms with van der Waals surface area (Å²) in [4.78, 5) is 35.3. The summed E-state index contributed by atoms with van der Waals surface area (Å²) < 4.78 is 5.55. The van der Waals surface area contributed by atoms with E-state index in [0.29, 0.717) is 0 Å². The minimum Gasteiger partial charge on any atom is -0.465 e. The van der Waals surface area contributed by atoms with Gasteiger partial charge in [0.25, 0.3) is 5.56 Å². The largest absolute Gasteiger partial charge is 0.465 e. The summed E-state index contributed by atoms with van der Waals surface area (Å²) in [6, 6.07) is 1.61. The molecule has 0 amide bonds. The van der Waals surface area contributed by atoms with E-state index >= 15 is 0 Å². The molecule has 16 heavy (non-hydrogen) atoms. The second-order valence-electron chi connectivity index (χ2n) is 2.85. The fraction of sp³-hybridized carbons (Fsp3) is 0.333. The number of carbonyl (C=O) groups excluding carboxylic acids is 1. The lowest BCUT2D eigenvalue weighted by Gasteiger charge is -2.04. The Morgan fingerprint density at radius 3 is 2.88 bits per heavy atom. The average Bonchev–Trinajstić information content (AvgIpc) is 2.22. The molecule has 1 aromatic heterocycles. The molecule has 1 rings (SSSR count). The van der Waals surface area contributed by atoms with Gasteiger partial charge in [0.15, 0.2) is 0 Å². The SMILES string of the molecule is CCOC(=O)Cn1cc(C#N)c(=O)[nH]c1=O. The highest BCUT2D eigenvalue weighted by Crippen LogP contribution is 1.87. The minimum atomic E-state index is -0.771. The van der Waals surface area contributed by atoms with E-state index in [9.17, 15) is 14.4 Å². The summed E-state index contributed by atoms with van der Waals surface area (Å²) >= 11 is 0. The maximum Gasteiger partial charge on any atom is 0.328 e. The Kier molecular flexibility index (Phi) is 3.61. The van der Waals surface area contributed by atoms with Crippen molar-refractivity contribution in [1.82, 2.24) is 9.55 Å². The van der Waals surface area contributed by atoms with Crippen molar-refractivity contribution in [2.75, 3.05) is 6.61 Å². The third-order valence-corrected chi connectivity index (χ3v) is 1.74. The smallest absolute Gasteiger partial charge is 0.328 e. The Labute approximate surface area is 89.9 Å². The summed E-state index contributed by atoms with van der Waals surface area (Å²) in [5.74, 6) is -0.611.